The Bertz CT molecular complexity index is 429. The summed E-state index contributed by atoms with van der Waals surface area (Å²) in [5.74, 6) is 1.72. The van der Waals surface area contributed by atoms with Gasteiger partial charge in [-0.15, -0.1) is 0 Å². The second-order valence-electron chi connectivity index (χ2n) is 5.60. The number of rotatable bonds is 2. The first kappa shape index (κ1) is 13.1. The lowest BCUT2D eigenvalue weighted by atomic mass is 10.00. The molecule has 0 unspecified atom stereocenters. The molecule has 100 valence electrons. The summed E-state index contributed by atoms with van der Waals surface area (Å²) in [4.78, 5) is 13.6. The molecule has 0 aromatic carbocycles. The zero-order valence-electron chi connectivity index (χ0n) is 12.0. The van der Waals surface area contributed by atoms with Crippen LogP contribution in [0.5, 0.6) is 0 Å². The average molecular weight is 249 g/mol. The molecule has 1 fully saturated rings. The summed E-state index contributed by atoms with van der Waals surface area (Å²) in [6, 6.07) is 2.06. The topological polar surface area (TPSA) is 44.3 Å². The molecule has 0 atom stereocenters. The van der Waals surface area contributed by atoms with E-state index in [9.17, 15) is 0 Å². The lowest BCUT2D eigenvalue weighted by molar-refractivity contribution is 0.138. The van der Waals surface area contributed by atoms with Crippen LogP contribution in [0.2, 0.25) is 0 Å². The van der Waals surface area contributed by atoms with Gasteiger partial charge in [-0.1, -0.05) is 0 Å². The first-order valence-electron chi connectivity index (χ1n) is 6.42. The van der Waals surface area contributed by atoms with Gasteiger partial charge in [-0.3, -0.25) is 4.90 Å². The minimum atomic E-state index is 0.177. The Morgan fingerprint density at radius 3 is 2.61 bits per heavy atom. The van der Waals surface area contributed by atoms with E-state index in [1.54, 1.807) is 0 Å². The van der Waals surface area contributed by atoms with Crippen LogP contribution in [0, 0.1) is 6.92 Å². The van der Waals surface area contributed by atoms with Gasteiger partial charge in [0.1, 0.15) is 5.82 Å². The van der Waals surface area contributed by atoms with Crippen molar-refractivity contribution in [3.8, 4) is 0 Å². The van der Waals surface area contributed by atoms with Gasteiger partial charge in [0.25, 0.3) is 0 Å². The van der Waals surface area contributed by atoms with Gasteiger partial charge in [-0.25, -0.2) is 4.98 Å². The van der Waals surface area contributed by atoms with Gasteiger partial charge >= 0.3 is 0 Å². The maximum absolute atomic E-state index is 4.55. The minimum Gasteiger partial charge on any atom is -0.357 e. The number of nitrogens with one attached hydrogen (secondary N) is 1. The van der Waals surface area contributed by atoms with E-state index in [0.29, 0.717) is 5.95 Å². The maximum Gasteiger partial charge on any atom is 0.224 e. The van der Waals surface area contributed by atoms with Crippen molar-refractivity contribution in [1.82, 2.24) is 14.9 Å². The summed E-state index contributed by atoms with van der Waals surface area (Å²) in [6.45, 7) is 9.61. The predicted octanol–water partition coefficient (Wildman–Crippen LogP) is 1.36. The molecule has 5 nitrogen and oxygen atoms in total. The predicted molar refractivity (Wildman–Crippen MR) is 75.2 cm³/mol. The standard InChI is InChI=1S/C13H23N5/c1-10-8-11(16-12(14-4)15-10)18-7-6-17(5)13(2,3)9-18/h8H,6-7,9H2,1-5H3,(H,14,15,16). The molecule has 0 radical (unpaired) electrons. The molecule has 0 bridgehead atoms. The summed E-state index contributed by atoms with van der Waals surface area (Å²) in [6.07, 6.45) is 0. The molecule has 0 spiro atoms. The van der Waals surface area contributed by atoms with E-state index >= 15 is 0 Å². The molecule has 0 amide bonds. The third kappa shape index (κ3) is 2.56. The molecule has 1 saturated heterocycles. The molecule has 2 heterocycles. The molecule has 0 aliphatic carbocycles. The number of hydrogen-bond donors (Lipinski definition) is 1. The summed E-state index contributed by atoms with van der Waals surface area (Å²) in [5, 5.41) is 3.02. The third-order valence-electron chi connectivity index (χ3n) is 3.70. The van der Waals surface area contributed by atoms with Gasteiger partial charge in [0.15, 0.2) is 0 Å². The molecule has 18 heavy (non-hydrogen) atoms. The van der Waals surface area contributed by atoms with Gasteiger partial charge in [0, 0.05) is 44.0 Å². The minimum absolute atomic E-state index is 0.177. The number of nitrogens with zero attached hydrogens (tertiary/aromatic N) is 4. The van der Waals surface area contributed by atoms with Gasteiger partial charge in [0.2, 0.25) is 5.95 Å². The number of anilines is 2. The van der Waals surface area contributed by atoms with Crippen LogP contribution < -0.4 is 10.2 Å². The fraction of sp³-hybridized carbons (Fsp3) is 0.692. The summed E-state index contributed by atoms with van der Waals surface area (Å²) < 4.78 is 0. The second kappa shape index (κ2) is 4.72. The second-order valence-corrected chi connectivity index (χ2v) is 5.60. The smallest absolute Gasteiger partial charge is 0.224 e. The van der Waals surface area contributed by atoms with Crippen molar-refractivity contribution in [1.29, 1.82) is 0 Å². The molecule has 1 aromatic rings. The summed E-state index contributed by atoms with van der Waals surface area (Å²) in [7, 11) is 4.04. The molecule has 1 N–H and O–H groups in total. The van der Waals surface area contributed by atoms with Crippen LogP contribution in [0.1, 0.15) is 19.5 Å². The molecule has 1 aliphatic heterocycles. The van der Waals surface area contributed by atoms with Crippen molar-refractivity contribution in [2.75, 3.05) is 43.9 Å². The monoisotopic (exact) mass is 249 g/mol. The highest BCUT2D eigenvalue weighted by molar-refractivity contribution is 5.45. The average Bonchev–Trinajstić information content (AvgIpc) is 2.31. The van der Waals surface area contributed by atoms with Crippen molar-refractivity contribution in [3.63, 3.8) is 0 Å². The van der Waals surface area contributed by atoms with E-state index in [-0.39, 0.29) is 5.54 Å². The first-order chi connectivity index (χ1) is 8.42. The molecule has 2 rings (SSSR count). The van der Waals surface area contributed by atoms with Crippen LogP contribution in [0.4, 0.5) is 11.8 Å². The van der Waals surface area contributed by atoms with E-state index in [0.717, 1.165) is 31.1 Å². The molecule has 1 aromatic heterocycles. The van der Waals surface area contributed by atoms with E-state index in [1.165, 1.54) is 0 Å². The molecular weight excluding hydrogens is 226 g/mol. The number of hydrogen-bond acceptors (Lipinski definition) is 5. The number of likely N-dealkylation sites (N-methyl/N-ethyl adjacent to an activating group) is 1. The van der Waals surface area contributed by atoms with E-state index in [2.05, 4.69) is 52.0 Å². The Hall–Kier alpha value is -1.36. The lowest BCUT2D eigenvalue weighted by Gasteiger charge is -2.45. The van der Waals surface area contributed by atoms with Crippen LogP contribution in [0.25, 0.3) is 0 Å². The Morgan fingerprint density at radius 2 is 2.00 bits per heavy atom. The quantitative estimate of drug-likeness (QED) is 0.857. The number of aryl methyl sites for hydroxylation is 1. The van der Waals surface area contributed by atoms with Crippen LogP contribution >= 0.6 is 0 Å². The normalized spacial score (nSPS) is 19.9. The highest BCUT2D eigenvalue weighted by Gasteiger charge is 2.31. The molecular formula is C13H23N5. The number of piperazine rings is 1. The summed E-state index contributed by atoms with van der Waals surface area (Å²) in [5.41, 5.74) is 1.18. The van der Waals surface area contributed by atoms with Crippen LogP contribution in [0.15, 0.2) is 6.07 Å². The largest absolute Gasteiger partial charge is 0.357 e. The van der Waals surface area contributed by atoms with Crippen molar-refractivity contribution in [2.24, 2.45) is 0 Å². The Kier molecular flexibility index (Phi) is 3.43. The Labute approximate surface area is 109 Å². The maximum atomic E-state index is 4.55. The fourth-order valence-electron chi connectivity index (χ4n) is 2.26. The van der Waals surface area contributed by atoms with E-state index in [1.807, 2.05) is 14.0 Å². The number of aromatic nitrogens is 2. The zero-order valence-corrected chi connectivity index (χ0v) is 12.0. The fourth-order valence-corrected chi connectivity index (χ4v) is 2.26. The van der Waals surface area contributed by atoms with Gasteiger partial charge < -0.3 is 10.2 Å². The Balaban J connectivity index is 2.24. The summed E-state index contributed by atoms with van der Waals surface area (Å²) >= 11 is 0. The third-order valence-corrected chi connectivity index (χ3v) is 3.70. The zero-order chi connectivity index (χ0) is 13.3. The van der Waals surface area contributed by atoms with Crippen molar-refractivity contribution < 1.29 is 0 Å². The SMILES string of the molecule is CNc1nc(C)cc(N2CCN(C)C(C)(C)C2)n1. The highest BCUT2D eigenvalue weighted by atomic mass is 15.3. The Morgan fingerprint density at radius 1 is 1.28 bits per heavy atom. The van der Waals surface area contributed by atoms with E-state index in [4.69, 9.17) is 0 Å². The van der Waals surface area contributed by atoms with Gasteiger partial charge in [-0.2, -0.15) is 4.98 Å². The van der Waals surface area contributed by atoms with Crippen LogP contribution in [-0.2, 0) is 0 Å². The van der Waals surface area contributed by atoms with Crippen molar-refractivity contribution in [3.05, 3.63) is 11.8 Å². The van der Waals surface area contributed by atoms with Crippen LogP contribution in [-0.4, -0.2) is 54.1 Å². The van der Waals surface area contributed by atoms with E-state index < -0.39 is 0 Å². The van der Waals surface area contributed by atoms with Gasteiger partial charge in [-0.05, 0) is 27.8 Å². The molecule has 5 heteroatoms. The highest BCUT2D eigenvalue weighted by Crippen LogP contribution is 2.24. The molecule has 1 aliphatic rings. The van der Waals surface area contributed by atoms with Crippen molar-refractivity contribution >= 4 is 11.8 Å². The lowest BCUT2D eigenvalue weighted by Crippen LogP contribution is -2.57. The van der Waals surface area contributed by atoms with Crippen molar-refractivity contribution in [2.45, 2.75) is 26.3 Å². The first-order valence-corrected chi connectivity index (χ1v) is 6.42. The van der Waals surface area contributed by atoms with Crippen LogP contribution in [0.3, 0.4) is 0 Å². The molecule has 0 saturated carbocycles. The van der Waals surface area contributed by atoms with Gasteiger partial charge in [0.05, 0.1) is 0 Å².